The first-order valence-corrected chi connectivity index (χ1v) is 9.43. The molecule has 0 atom stereocenters. The van der Waals surface area contributed by atoms with Crippen LogP contribution in [0.4, 0.5) is 5.69 Å². The largest absolute Gasteiger partial charge is 0.503 e. The van der Waals surface area contributed by atoms with Crippen molar-refractivity contribution < 1.29 is 19.0 Å². The highest BCUT2D eigenvalue weighted by atomic mass is 16.5. The number of methoxy groups -OCH3 is 2. The van der Waals surface area contributed by atoms with Gasteiger partial charge in [0.25, 0.3) is 0 Å². The van der Waals surface area contributed by atoms with Gasteiger partial charge in [0.2, 0.25) is 0 Å². The molecule has 0 heterocycles. The predicted molar refractivity (Wildman–Crippen MR) is 118 cm³/mol. The van der Waals surface area contributed by atoms with Gasteiger partial charge >= 0.3 is 5.97 Å². The standard InChI is InChI=1S/C25H23NO4/c1-28-18-24(25(27)29-2)23-14-7-6-11-20(23)17-30-22-13-8-12-21(15-22)26-16-19-9-4-3-5-10-19/h3-16,18H,17H2,1-2H3/b24-18+,26-16+. The summed E-state index contributed by atoms with van der Waals surface area (Å²) in [4.78, 5) is 16.6. The van der Waals surface area contributed by atoms with Crippen LogP contribution in [0.1, 0.15) is 16.7 Å². The van der Waals surface area contributed by atoms with Crippen molar-refractivity contribution in [2.75, 3.05) is 14.2 Å². The highest BCUT2D eigenvalue weighted by molar-refractivity contribution is 6.16. The number of nitrogens with zero attached hydrogens (tertiary/aromatic N) is 1. The van der Waals surface area contributed by atoms with Gasteiger partial charge in [0, 0.05) is 12.3 Å². The van der Waals surface area contributed by atoms with Crippen molar-refractivity contribution in [2.45, 2.75) is 6.61 Å². The smallest absolute Gasteiger partial charge is 0.341 e. The molecule has 0 bridgehead atoms. The zero-order valence-corrected chi connectivity index (χ0v) is 16.9. The number of benzene rings is 3. The molecule has 0 radical (unpaired) electrons. The van der Waals surface area contributed by atoms with Gasteiger partial charge in [-0.25, -0.2) is 4.79 Å². The summed E-state index contributed by atoms with van der Waals surface area (Å²) >= 11 is 0. The van der Waals surface area contributed by atoms with Gasteiger partial charge in [-0.15, -0.1) is 0 Å². The van der Waals surface area contributed by atoms with E-state index in [1.807, 2.05) is 85.1 Å². The summed E-state index contributed by atoms with van der Waals surface area (Å²) in [7, 11) is 2.83. The minimum absolute atomic E-state index is 0.278. The molecule has 0 N–H and O–H groups in total. The number of hydrogen-bond acceptors (Lipinski definition) is 5. The van der Waals surface area contributed by atoms with E-state index in [9.17, 15) is 4.79 Å². The van der Waals surface area contributed by atoms with Crippen LogP contribution >= 0.6 is 0 Å². The molecule has 3 aromatic rings. The van der Waals surface area contributed by atoms with Gasteiger partial charge in [0.05, 0.1) is 26.2 Å². The molecule has 3 rings (SSSR count). The molecule has 0 saturated carbocycles. The highest BCUT2D eigenvalue weighted by Gasteiger charge is 2.16. The maximum absolute atomic E-state index is 12.1. The van der Waals surface area contributed by atoms with Crippen molar-refractivity contribution in [2.24, 2.45) is 4.99 Å². The summed E-state index contributed by atoms with van der Waals surface area (Å²) in [5.41, 5.74) is 3.69. The Hall–Kier alpha value is -3.86. The van der Waals surface area contributed by atoms with E-state index in [4.69, 9.17) is 14.2 Å². The van der Waals surface area contributed by atoms with Gasteiger partial charge in [-0.2, -0.15) is 0 Å². The molecule has 0 amide bonds. The maximum Gasteiger partial charge on any atom is 0.341 e. The third kappa shape index (κ3) is 5.58. The van der Waals surface area contributed by atoms with Crippen LogP contribution in [-0.4, -0.2) is 26.4 Å². The van der Waals surface area contributed by atoms with Gasteiger partial charge in [-0.1, -0.05) is 60.7 Å². The van der Waals surface area contributed by atoms with Crippen LogP contribution in [0.15, 0.2) is 90.1 Å². The van der Waals surface area contributed by atoms with Gasteiger partial charge in [0.15, 0.2) is 0 Å². The number of aliphatic imine (C=N–C) groups is 1. The zero-order valence-electron chi connectivity index (χ0n) is 16.9. The van der Waals surface area contributed by atoms with Crippen molar-refractivity contribution in [1.82, 2.24) is 0 Å². The molecule has 0 aliphatic carbocycles. The lowest BCUT2D eigenvalue weighted by Gasteiger charge is -2.13. The summed E-state index contributed by atoms with van der Waals surface area (Å²) in [6.45, 7) is 0.278. The summed E-state index contributed by atoms with van der Waals surface area (Å²) in [5, 5.41) is 0. The van der Waals surface area contributed by atoms with E-state index < -0.39 is 5.97 Å². The third-order valence-corrected chi connectivity index (χ3v) is 4.32. The molecule has 152 valence electrons. The van der Waals surface area contributed by atoms with Gasteiger partial charge in [-0.05, 0) is 28.8 Å². The van der Waals surface area contributed by atoms with Crippen LogP contribution in [0.25, 0.3) is 5.57 Å². The topological polar surface area (TPSA) is 57.1 Å². The molecule has 0 aromatic heterocycles. The van der Waals surface area contributed by atoms with Gasteiger partial charge in [0.1, 0.15) is 17.9 Å². The van der Waals surface area contributed by atoms with E-state index in [-0.39, 0.29) is 6.61 Å². The van der Waals surface area contributed by atoms with E-state index in [2.05, 4.69) is 4.99 Å². The molecule has 0 aliphatic heterocycles. The first-order valence-electron chi connectivity index (χ1n) is 9.43. The van der Waals surface area contributed by atoms with E-state index >= 15 is 0 Å². The van der Waals surface area contributed by atoms with Crippen molar-refractivity contribution in [3.8, 4) is 5.75 Å². The minimum Gasteiger partial charge on any atom is -0.503 e. The fraction of sp³-hybridized carbons (Fsp3) is 0.120. The number of ether oxygens (including phenoxy) is 3. The quantitative estimate of drug-likeness (QED) is 0.226. The summed E-state index contributed by atoms with van der Waals surface area (Å²) < 4.78 is 15.9. The van der Waals surface area contributed by atoms with Gasteiger partial charge < -0.3 is 14.2 Å². The fourth-order valence-electron chi connectivity index (χ4n) is 2.86. The summed E-state index contributed by atoms with van der Waals surface area (Å²) in [6.07, 6.45) is 3.19. The van der Waals surface area contributed by atoms with Crippen molar-refractivity contribution in [3.63, 3.8) is 0 Å². The lowest BCUT2D eigenvalue weighted by Crippen LogP contribution is -2.08. The number of carbonyl (C=O) groups is 1. The Bertz CT molecular complexity index is 1040. The number of rotatable bonds is 8. The predicted octanol–water partition coefficient (Wildman–Crippen LogP) is 5.18. The van der Waals surface area contributed by atoms with Crippen LogP contribution in [0.3, 0.4) is 0 Å². The molecule has 0 unspecified atom stereocenters. The molecule has 30 heavy (non-hydrogen) atoms. The zero-order chi connectivity index (χ0) is 21.2. The second kappa shape index (κ2) is 10.6. The second-order valence-electron chi connectivity index (χ2n) is 6.37. The average Bonchev–Trinajstić information content (AvgIpc) is 2.80. The number of hydrogen-bond donors (Lipinski definition) is 0. The Labute approximate surface area is 176 Å². The number of esters is 1. The fourth-order valence-corrected chi connectivity index (χ4v) is 2.86. The molecule has 5 nitrogen and oxygen atoms in total. The second-order valence-corrected chi connectivity index (χ2v) is 6.37. The molecular formula is C25H23NO4. The van der Waals surface area contributed by atoms with Crippen molar-refractivity contribution in [3.05, 3.63) is 102 Å². The van der Waals surface area contributed by atoms with E-state index in [1.54, 1.807) is 0 Å². The lowest BCUT2D eigenvalue weighted by atomic mass is 10.0. The first-order chi connectivity index (χ1) is 14.7. The normalized spacial score (nSPS) is 11.3. The molecule has 0 spiro atoms. The van der Waals surface area contributed by atoms with E-state index in [0.29, 0.717) is 16.9 Å². The molecule has 0 fully saturated rings. The molecule has 0 saturated heterocycles. The van der Waals surface area contributed by atoms with Crippen LogP contribution in [0.2, 0.25) is 0 Å². The Kier molecular flexibility index (Phi) is 7.39. The van der Waals surface area contributed by atoms with Crippen LogP contribution < -0.4 is 4.74 Å². The van der Waals surface area contributed by atoms with E-state index in [0.717, 1.165) is 16.8 Å². The maximum atomic E-state index is 12.1. The number of carbonyl (C=O) groups excluding carboxylic acids is 1. The third-order valence-electron chi connectivity index (χ3n) is 4.32. The highest BCUT2D eigenvalue weighted by Crippen LogP contribution is 2.24. The molecule has 5 heteroatoms. The molecular weight excluding hydrogens is 378 g/mol. The summed E-state index contributed by atoms with van der Waals surface area (Å²) in [5.74, 6) is 0.212. The Morgan fingerprint density at radius 3 is 2.47 bits per heavy atom. The Balaban J connectivity index is 1.76. The van der Waals surface area contributed by atoms with Crippen molar-refractivity contribution >= 4 is 23.4 Å². The Morgan fingerprint density at radius 1 is 0.933 bits per heavy atom. The Morgan fingerprint density at radius 2 is 1.70 bits per heavy atom. The molecule has 3 aromatic carbocycles. The molecule has 0 aliphatic rings. The average molecular weight is 401 g/mol. The SMILES string of the molecule is CO/C=C(/C(=O)OC)c1ccccc1COc1cccc(/N=C/c2ccccc2)c1. The minimum atomic E-state index is -0.471. The monoisotopic (exact) mass is 401 g/mol. The lowest BCUT2D eigenvalue weighted by molar-refractivity contribution is -0.133. The van der Waals surface area contributed by atoms with Crippen molar-refractivity contribution in [1.29, 1.82) is 0 Å². The van der Waals surface area contributed by atoms with Crippen LogP contribution in [0, 0.1) is 0 Å². The first kappa shape index (κ1) is 20.9. The summed E-state index contributed by atoms with van der Waals surface area (Å²) in [6, 6.07) is 24.9. The van der Waals surface area contributed by atoms with Crippen LogP contribution in [0.5, 0.6) is 5.75 Å². The van der Waals surface area contributed by atoms with Crippen LogP contribution in [-0.2, 0) is 20.9 Å². The van der Waals surface area contributed by atoms with Gasteiger partial charge in [-0.3, -0.25) is 4.99 Å². The van der Waals surface area contributed by atoms with E-state index in [1.165, 1.54) is 20.5 Å².